The van der Waals surface area contributed by atoms with Gasteiger partial charge in [-0.15, -0.1) is 0 Å². The van der Waals surface area contributed by atoms with Crippen molar-refractivity contribution in [3.63, 3.8) is 0 Å². The van der Waals surface area contributed by atoms with E-state index in [2.05, 4.69) is 5.32 Å². The van der Waals surface area contributed by atoms with E-state index in [9.17, 15) is 14.4 Å². The number of benzene rings is 2. The number of carbonyl (C=O) groups excluding carboxylic acids is 3. The van der Waals surface area contributed by atoms with E-state index in [1.807, 2.05) is 0 Å². The number of nitrogens with zero attached hydrogens (tertiary/aromatic N) is 1. The first-order valence-corrected chi connectivity index (χ1v) is 9.08. The van der Waals surface area contributed by atoms with Crippen LogP contribution in [0, 0.1) is 5.92 Å². The molecule has 7 heteroatoms. The molecule has 0 saturated carbocycles. The lowest BCUT2D eigenvalue weighted by Gasteiger charge is -2.19. The summed E-state index contributed by atoms with van der Waals surface area (Å²) in [6.07, 6.45) is 1.11. The van der Waals surface area contributed by atoms with Crippen LogP contribution in [0.3, 0.4) is 0 Å². The Bertz CT molecular complexity index is 943. The highest BCUT2D eigenvalue weighted by Gasteiger charge is 2.37. The van der Waals surface area contributed by atoms with Crippen molar-refractivity contribution in [3.8, 4) is 5.75 Å². The van der Waals surface area contributed by atoms with Gasteiger partial charge in [-0.25, -0.2) is 0 Å². The number of aryl methyl sites for hydroxylation is 1. The SMILES string of the molecule is O=C1CCc2cc(OC(=O)C3CC(=O)N(c4ccccc4Cl)C3)ccc2N1. The van der Waals surface area contributed by atoms with Gasteiger partial charge >= 0.3 is 5.97 Å². The van der Waals surface area contributed by atoms with Gasteiger partial charge in [-0.1, -0.05) is 23.7 Å². The molecule has 1 unspecified atom stereocenters. The van der Waals surface area contributed by atoms with E-state index in [4.69, 9.17) is 16.3 Å². The minimum absolute atomic E-state index is 0.0172. The number of halogens is 1. The lowest BCUT2D eigenvalue weighted by molar-refractivity contribution is -0.139. The molecule has 1 atom stereocenters. The first-order chi connectivity index (χ1) is 13.0. The zero-order valence-corrected chi connectivity index (χ0v) is 15.2. The minimum Gasteiger partial charge on any atom is -0.426 e. The van der Waals surface area contributed by atoms with Gasteiger partial charge in [-0.3, -0.25) is 14.4 Å². The molecule has 1 fully saturated rings. The fourth-order valence-electron chi connectivity index (χ4n) is 3.39. The Kier molecular flexibility index (Phi) is 4.58. The van der Waals surface area contributed by atoms with Gasteiger partial charge in [0.15, 0.2) is 0 Å². The zero-order chi connectivity index (χ0) is 19.0. The predicted octanol–water partition coefficient (Wildman–Crippen LogP) is 3.18. The molecule has 0 aliphatic carbocycles. The van der Waals surface area contributed by atoms with Gasteiger partial charge in [0.1, 0.15) is 5.75 Å². The van der Waals surface area contributed by atoms with E-state index < -0.39 is 11.9 Å². The lowest BCUT2D eigenvalue weighted by atomic mass is 10.0. The summed E-state index contributed by atoms with van der Waals surface area (Å²) in [6.45, 7) is 0.238. The highest BCUT2D eigenvalue weighted by Crippen LogP contribution is 2.32. The average molecular weight is 385 g/mol. The number of rotatable bonds is 3. The molecule has 2 amide bonds. The molecule has 0 radical (unpaired) electrons. The van der Waals surface area contributed by atoms with Crippen LogP contribution in [0.1, 0.15) is 18.4 Å². The molecule has 2 aliphatic rings. The average Bonchev–Trinajstić information content (AvgIpc) is 3.04. The summed E-state index contributed by atoms with van der Waals surface area (Å²) >= 11 is 6.16. The monoisotopic (exact) mass is 384 g/mol. The van der Waals surface area contributed by atoms with Gasteiger partial charge in [0.25, 0.3) is 0 Å². The Balaban J connectivity index is 1.46. The second kappa shape index (κ2) is 7.04. The van der Waals surface area contributed by atoms with Gasteiger partial charge in [0.05, 0.1) is 16.6 Å². The molecule has 27 heavy (non-hydrogen) atoms. The Morgan fingerprint density at radius 1 is 1.15 bits per heavy atom. The standard InChI is InChI=1S/C20H17ClN2O4/c21-15-3-1-2-4-17(15)23-11-13(10-19(23)25)20(26)27-14-6-7-16-12(9-14)5-8-18(24)22-16/h1-4,6-7,9,13H,5,8,10-11H2,(H,22,24). The number of esters is 1. The topological polar surface area (TPSA) is 75.7 Å². The number of nitrogens with one attached hydrogen (secondary N) is 1. The summed E-state index contributed by atoms with van der Waals surface area (Å²) < 4.78 is 5.49. The molecule has 2 aromatic rings. The molecule has 0 aromatic heterocycles. The Morgan fingerprint density at radius 2 is 1.96 bits per heavy atom. The highest BCUT2D eigenvalue weighted by molar-refractivity contribution is 6.33. The van der Waals surface area contributed by atoms with Crippen molar-refractivity contribution in [2.24, 2.45) is 5.92 Å². The smallest absolute Gasteiger partial charge is 0.316 e. The molecule has 1 N–H and O–H groups in total. The van der Waals surface area contributed by atoms with Crippen molar-refractivity contribution in [2.75, 3.05) is 16.8 Å². The highest BCUT2D eigenvalue weighted by atomic mass is 35.5. The third kappa shape index (κ3) is 3.53. The lowest BCUT2D eigenvalue weighted by Crippen LogP contribution is -2.27. The second-order valence-electron chi connectivity index (χ2n) is 6.65. The normalized spacial score (nSPS) is 18.9. The van der Waals surface area contributed by atoms with Crippen molar-refractivity contribution in [2.45, 2.75) is 19.3 Å². The maximum Gasteiger partial charge on any atom is 0.316 e. The van der Waals surface area contributed by atoms with Crippen LogP contribution >= 0.6 is 11.6 Å². The number of carbonyl (C=O) groups is 3. The molecule has 4 rings (SSSR count). The number of para-hydroxylation sites is 1. The van der Waals surface area contributed by atoms with Crippen LogP contribution in [-0.4, -0.2) is 24.3 Å². The van der Waals surface area contributed by atoms with E-state index >= 15 is 0 Å². The summed E-state index contributed by atoms with van der Waals surface area (Å²) in [4.78, 5) is 37.8. The maximum atomic E-state index is 12.5. The second-order valence-corrected chi connectivity index (χ2v) is 7.05. The van der Waals surface area contributed by atoms with E-state index in [1.165, 1.54) is 4.90 Å². The van der Waals surface area contributed by atoms with Crippen LogP contribution < -0.4 is 15.0 Å². The summed E-state index contributed by atoms with van der Waals surface area (Å²) in [7, 11) is 0. The number of fused-ring (bicyclic) bond motifs is 1. The van der Waals surface area contributed by atoms with E-state index in [0.29, 0.717) is 29.3 Å². The first kappa shape index (κ1) is 17.5. The number of hydrogen-bond donors (Lipinski definition) is 1. The Hall–Kier alpha value is -2.86. The zero-order valence-electron chi connectivity index (χ0n) is 14.4. The van der Waals surface area contributed by atoms with Gasteiger partial charge < -0.3 is 15.0 Å². The number of ether oxygens (including phenoxy) is 1. The largest absolute Gasteiger partial charge is 0.426 e. The summed E-state index contributed by atoms with van der Waals surface area (Å²) in [5, 5.41) is 3.26. The number of amides is 2. The molecule has 2 heterocycles. The van der Waals surface area contributed by atoms with Crippen molar-refractivity contribution in [1.29, 1.82) is 0 Å². The molecule has 0 bridgehead atoms. The quantitative estimate of drug-likeness (QED) is 0.651. The molecule has 138 valence electrons. The summed E-state index contributed by atoms with van der Waals surface area (Å²) in [6, 6.07) is 12.2. The van der Waals surface area contributed by atoms with Crippen LogP contribution in [0.2, 0.25) is 5.02 Å². The first-order valence-electron chi connectivity index (χ1n) is 8.70. The minimum atomic E-state index is -0.551. The number of anilines is 2. The van der Waals surface area contributed by atoms with Gasteiger partial charge in [0, 0.05) is 25.1 Å². The van der Waals surface area contributed by atoms with Crippen molar-refractivity contribution < 1.29 is 19.1 Å². The number of hydrogen-bond acceptors (Lipinski definition) is 4. The predicted molar refractivity (Wildman–Crippen MR) is 101 cm³/mol. The molecule has 0 spiro atoms. The summed E-state index contributed by atoms with van der Waals surface area (Å²) in [5.74, 6) is -0.754. The van der Waals surface area contributed by atoms with Gasteiger partial charge in [-0.2, -0.15) is 0 Å². The van der Waals surface area contributed by atoms with Crippen LogP contribution in [0.4, 0.5) is 11.4 Å². The Morgan fingerprint density at radius 3 is 2.78 bits per heavy atom. The van der Waals surface area contributed by atoms with Crippen LogP contribution in [0.25, 0.3) is 0 Å². The van der Waals surface area contributed by atoms with E-state index in [0.717, 1.165) is 11.3 Å². The molecule has 2 aliphatic heterocycles. The molecule has 2 aromatic carbocycles. The molecular weight excluding hydrogens is 368 g/mol. The third-order valence-electron chi connectivity index (χ3n) is 4.79. The maximum absolute atomic E-state index is 12.5. The molecular formula is C20H17ClN2O4. The fourth-order valence-corrected chi connectivity index (χ4v) is 3.63. The van der Waals surface area contributed by atoms with Crippen molar-refractivity contribution in [1.82, 2.24) is 0 Å². The molecule has 6 nitrogen and oxygen atoms in total. The molecule has 1 saturated heterocycles. The van der Waals surface area contributed by atoms with Gasteiger partial charge in [-0.05, 0) is 42.3 Å². The van der Waals surface area contributed by atoms with E-state index in [-0.39, 0.29) is 24.8 Å². The summed E-state index contributed by atoms with van der Waals surface area (Å²) in [5.41, 5.74) is 2.27. The third-order valence-corrected chi connectivity index (χ3v) is 5.11. The van der Waals surface area contributed by atoms with Crippen LogP contribution in [0.5, 0.6) is 5.75 Å². The van der Waals surface area contributed by atoms with E-state index in [1.54, 1.807) is 42.5 Å². The van der Waals surface area contributed by atoms with Crippen molar-refractivity contribution in [3.05, 3.63) is 53.1 Å². The Labute approximate surface area is 161 Å². The van der Waals surface area contributed by atoms with Crippen LogP contribution in [0.15, 0.2) is 42.5 Å². The van der Waals surface area contributed by atoms with Gasteiger partial charge in [0.2, 0.25) is 11.8 Å². The van der Waals surface area contributed by atoms with Crippen LogP contribution in [-0.2, 0) is 20.8 Å². The van der Waals surface area contributed by atoms with Crippen molar-refractivity contribution >= 4 is 40.8 Å². The fraction of sp³-hybridized carbons (Fsp3) is 0.250.